The summed E-state index contributed by atoms with van der Waals surface area (Å²) in [7, 11) is 0. The Morgan fingerprint density at radius 3 is 2.48 bits per heavy atom. The summed E-state index contributed by atoms with van der Waals surface area (Å²) in [6, 6.07) is 15.7. The van der Waals surface area contributed by atoms with Gasteiger partial charge in [-0.25, -0.2) is 0 Å². The quantitative estimate of drug-likeness (QED) is 0.570. The highest BCUT2D eigenvalue weighted by atomic mass is 32.1. The second-order valence-corrected chi connectivity index (χ2v) is 6.50. The van der Waals surface area contributed by atoms with Gasteiger partial charge in [-0.3, -0.25) is 19.3 Å². The Balaban J connectivity index is 1.82. The van der Waals surface area contributed by atoms with Gasteiger partial charge < -0.3 is 11.1 Å². The number of aryl methyl sites for hydroxylation is 1. The standard InChI is InChI=1S/C19H19N5O2S/c1-12-7-9-14(10-8-12)18-22-23-19(27)24(18)11-15(25)21-16(17(20)26)13-5-3-2-4-6-13/h2-10,16H,11H2,1H3,(H2,20,26)(H,21,25)(H,23,27). The lowest BCUT2D eigenvalue weighted by molar-refractivity contribution is -0.127. The van der Waals surface area contributed by atoms with E-state index in [0.717, 1.165) is 11.1 Å². The molecule has 1 unspecified atom stereocenters. The van der Waals surface area contributed by atoms with Gasteiger partial charge in [0.15, 0.2) is 10.6 Å². The van der Waals surface area contributed by atoms with Crippen molar-refractivity contribution in [2.24, 2.45) is 5.73 Å². The van der Waals surface area contributed by atoms with Crippen LogP contribution in [0.25, 0.3) is 11.4 Å². The molecular weight excluding hydrogens is 362 g/mol. The number of benzene rings is 2. The number of amides is 2. The van der Waals surface area contributed by atoms with Crippen molar-refractivity contribution in [2.75, 3.05) is 0 Å². The number of hydrogen-bond acceptors (Lipinski definition) is 4. The summed E-state index contributed by atoms with van der Waals surface area (Å²) in [5.41, 5.74) is 8.02. The SMILES string of the molecule is Cc1ccc(-c2n[nH]c(=S)n2CC(=O)NC(C(N)=O)c2ccccc2)cc1. The lowest BCUT2D eigenvalue weighted by Gasteiger charge is -2.16. The van der Waals surface area contributed by atoms with Gasteiger partial charge in [-0.05, 0) is 24.7 Å². The number of primary amides is 1. The molecule has 0 saturated carbocycles. The first-order valence-electron chi connectivity index (χ1n) is 8.31. The second-order valence-electron chi connectivity index (χ2n) is 6.12. The normalized spacial score (nSPS) is 11.7. The lowest BCUT2D eigenvalue weighted by atomic mass is 10.1. The monoisotopic (exact) mass is 381 g/mol. The minimum absolute atomic E-state index is 0.0881. The number of H-pyrrole nitrogens is 1. The first-order valence-corrected chi connectivity index (χ1v) is 8.72. The van der Waals surface area contributed by atoms with Gasteiger partial charge in [0.05, 0.1) is 0 Å². The van der Waals surface area contributed by atoms with E-state index in [-0.39, 0.29) is 6.54 Å². The van der Waals surface area contributed by atoms with Crippen LogP contribution in [0.4, 0.5) is 0 Å². The number of nitrogens with two attached hydrogens (primary N) is 1. The van der Waals surface area contributed by atoms with E-state index in [1.54, 1.807) is 28.8 Å². The van der Waals surface area contributed by atoms with Crippen molar-refractivity contribution < 1.29 is 9.59 Å². The highest BCUT2D eigenvalue weighted by Gasteiger charge is 2.21. The van der Waals surface area contributed by atoms with Crippen LogP contribution in [-0.2, 0) is 16.1 Å². The fraction of sp³-hybridized carbons (Fsp3) is 0.158. The molecular formula is C19H19N5O2S. The van der Waals surface area contributed by atoms with Crippen LogP contribution in [0.15, 0.2) is 54.6 Å². The van der Waals surface area contributed by atoms with Crippen molar-refractivity contribution in [3.63, 3.8) is 0 Å². The number of hydrogen-bond donors (Lipinski definition) is 3. The first kappa shape index (κ1) is 18.5. The Morgan fingerprint density at radius 2 is 1.85 bits per heavy atom. The summed E-state index contributed by atoms with van der Waals surface area (Å²) >= 11 is 5.25. The van der Waals surface area contributed by atoms with Crippen molar-refractivity contribution in [1.29, 1.82) is 0 Å². The van der Waals surface area contributed by atoms with E-state index in [1.807, 2.05) is 37.3 Å². The molecule has 2 aromatic carbocycles. The maximum atomic E-state index is 12.6. The van der Waals surface area contributed by atoms with E-state index < -0.39 is 17.9 Å². The third kappa shape index (κ3) is 4.29. The average molecular weight is 381 g/mol. The number of rotatable bonds is 6. The Hall–Kier alpha value is -3.26. The Morgan fingerprint density at radius 1 is 1.19 bits per heavy atom. The highest BCUT2D eigenvalue weighted by molar-refractivity contribution is 7.71. The molecule has 8 heteroatoms. The van der Waals surface area contributed by atoms with Gasteiger partial charge in [-0.1, -0.05) is 60.2 Å². The zero-order valence-electron chi connectivity index (χ0n) is 14.7. The van der Waals surface area contributed by atoms with Crippen LogP contribution in [0.2, 0.25) is 0 Å². The molecule has 1 aromatic heterocycles. The minimum Gasteiger partial charge on any atom is -0.368 e. The molecule has 0 spiro atoms. The summed E-state index contributed by atoms with van der Waals surface area (Å²) < 4.78 is 1.90. The molecule has 138 valence electrons. The van der Waals surface area contributed by atoms with Gasteiger partial charge >= 0.3 is 0 Å². The zero-order chi connectivity index (χ0) is 19.4. The number of nitrogens with zero attached hydrogens (tertiary/aromatic N) is 2. The predicted octanol–water partition coefficient (Wildman–Crippen LogP) is 2.26. The molecule has 1 heterocycles. The average Bonchev–Trinajstić information content (AvgIpc) is 3.01. The molecule has 3 aromatic rings. The summed E-state index contributed by atoms with van der Waals surface area (Å²) in [5.74, 6) is -0.483. The van der Waals surface area contributed by atoms with Gasteiger partial charge in [-0.15, -0.1) is 0 Å². The predicted molar refractivity (Wildman–Crippen MR) is 104 cm³/mol. The minimum atomic E-state index is -0.914. The molecule has 0 radical (unpaired) electrons. The number of aromatic nitrogens is 3. The molecule has 0 fully saturated rings. The van der Waals surface area contributed by atoms with Crippen molar-refractivity contribution in [3.05, 3.63) is 70.5 Å². The molecule has 7 nitrogen and oxygen atoms in total. The van der Waals surface area contributed by atoms with E-state index in [9.17, 15) is 9.59 Å². The van der Waals surface area contributed by atoms with Gasteiger partial charge in [0, 0.05) is 5.56 Å². The number of aromatic amines is 1. The molecule has 0 aliphatic carbocycles. The molecule has 0 aliphatic rings. The highest BCUT2D eigenvalue weighted by Crippen LogP contribution is 2.18. The van der Waals surface area contributed by atoms with Crippen LogP contribution in [0.3, 0.4) is 0 Å². The van der Waals surface area contributed by atoms with E-state index in [1.165, 1.54) is 0 Å². The third-order valence-electron chi connectivity index (χ3n) is 4.09. The molecule has 4 N–H and O–H groups in total. The molecule has 0 aliphatic heterocycles. The fourth-order valence-electron chi connectivity index (χ4n) is 2.70. The summed E-state index contributed by atoms with van der Waals surface area (Å²) in [4.78, 5) is 24.3. The van der Waals surface area contributed by atoms with E-state index >= 15 is 0 Å². The molecule has 3 rings (SSSR count). The molecule has 0 saturated heterocycles. The van der Waals surface area contributed by atoms with Crippen LogP contribution < -0.4 is 11.1 Å². The summed E-state index contributed by atoms with van der Waals surface area (Å²) in [6.07, 6.45) is 0. The maximum absolute atomic E-state index is 12.6. The topological polar surface area (TPSA) is 106 Å². The van der Waals surface area contributed by atoms with E-state index in [0.29, 0.717) is 16.2 Å². The lowest BCUT2D eigenvalue weighted by Crippen LogP contribution is -2.39. The van der Waals surface area contributed by atoms with Crippen molar-refractivity contribution in [1.82, 2.24) is 20.1 Å². The van der Waals surface area contributed by atoms with Crippen LogP contribution in [0, 0.1) is 11.7 Å². The Labute approximate surface area is 161 Å². The maximum Gasteiger partial charge on any atom is 0.244 e. The van der Waals surface area contributed by atoms with E-state index in [4.69, 9.17) is 18.0 Å². The number of carbonyl (C=O) groups excluding carboxylic acids is 2. The van der Waals surface area contributed by atoms with Crippen LogP contribution in [-0.4, -0.2) is 26.6 Å². The van der Waals surface area contributed by atoms with Gasteiger partial charge in [-0.2, -0.15) is 5.10 Å². The smallest absolute Gasteiger partial charge is 0.244 e. The van der Waals surface area contributed by atoms with Crippen LogP contribution >= 0.6 is 12.2 Å². The van der Waals surface area contributed by atoms with Crippen molar-refractivity contribution in [2.45, 2.75) is 19.5 Å². The van der Waals surface area contributed by atoms with Crippen molar-refractivity contribution >= 4 is 24.0 Å². The Kier molecular flexibility index (Phi) is 5.46. The van der Waals surface area contributed by atoms with Gasteiger partial charge in [0.1, 0.15) is 12.6 Å². The van der Waals surface area contributed by atoms with Gasteiger partial charge in [0.25, 0.3) is 0 Å². The molecule has 1 atom stereocenters. The molecule has 0 bridgehead atoms. The zero-order valence-corrected chi connectivity index (χ0v) is 15.5. The van der Waals surface area contributed by atoms with Gasteiger partial charge in [0.2, 0.25) is 11.8 Å². The third-order valence-corrected chi connectivity index (χ3v) is 4.40. The number of nitrogens with one attached hydrogen (secondary N) is 2. The summed E-state index contributed by atoms with van der Waals surface area (Å²) in [5, 5.41) is 9.59. The summed E-state index contributed by atoms with van der Waals surface area (Å²) in [6.45, 7) is 1.90. The second kappa shape index (κ2) is 7.96. The van der Waals surface area contributed by atoms with E-state index in [2.05, 4.69) is 15.5 Å². The number of carbonyl (C=O) groups is 2. The van der Waals surface area contributed by atoms with Crippen LogP contribution in [0.1, 0.15) is 17.2 Å². The van der Waals surface area contributed by atoms with Crippen molar-refractivity contribution in [3.8, 4) is 11.4 Å². The fourth-order valence-corrected chi connectivity index (χ4v) is 2.90. The largest absolute Gasteiger partial charge is 0.368 e. The molecule has 27 heavy (non-hydrogen) atoms. The van der Waals surface area contributed by atoms with Crippen LogP contribution in [0.5, 0.6) is 0 Å². The first-order chi connectivity index (χ1) is 13.0. The Bertz CT molecular complexity index is 1010. The molecule has 2 amide bonds.